The Bertz CT molecular complexity index is 1170. The molecule has 0 aliphatic heterocycles. The molecule has 0 saturated heterocycles. The van der Waals surface area contributed by atoms with Crippen LogP contribution in [0.2, 0.25) is 0 Å². The first kappa shape index (κ1) is 24.9. The van der Waals surface area contributed by atoms with E-state index in [0.717, 1.165) is 41.2 Å². The molecule has 0 bridgehead atoms. The van der Waals surface area contributed by atoms with Crippen molar-refractivity contribution >= 4 is 28.3 Å². The molecule has 7 heteroatoms. The van der Waals surface area contributed by atoms with E-state index < -0.39 is 0 Å². The minimum atomic E-state index is -0.245. The van der Waals surface area contributed by atoms with Crippen LogP contribution in [-0.2, 0) is 0 Å². The highest BCUT2D eigenvalue weighted by Gasteiger charge is 2.22. The van der Waals surface area contributed by atoms with Crippen molar-refractivity contribution in [1.29, 1.82) is 0 Å². The number of rotatable bonds is 9. The van der Waals surface area contributed by atoms with Gasteiger partial charge in [-0.3, -0.25) is 4.79 Å². The fraction of sp³-hybridized carbons (Fsp3) is 0.500. The third-order valence-electron chi connectivity index (χ3n) is 7.20. The molecule has 1 aliphatic rings. The Hall–Kier alpha value is -3.22. The van der Waals surface area contributed by atoms with Gasteiger partial charge in [0.2, 0.25) is 0 Å². The van der Waals surface area contributed by atoms with Crippen LogP contribution >= 0.6 is 0 Å². The average molecular weight is 479 g/mol. The molecule has 1 unspecified atom stereocenters. The summed E-state index contributed by atoms with van der Waals surface area (Å²) in [5, 5.41) is 3.14. The zero-order valence-electron chi connectivity index (χ0n) is 21.6. The number of carbonyl (C=O) groups is 1. The summed E-state index contributed by atoms with van der Waals surface area (Å²) in [4.78, 5) is 24.1. The largest absolute Gasteiger partial charge is 0.493 e. The van der Waals surface area contributed by atoms with Crippen LogP contribution in [0.25, 0.3) is 11.0 Å². The SMILES string of the molecule is CCC(C)CN(C)c1cc2nc(C3CCCCC3)[nH]c2cc1NC(=O)c1cccc(OC)c1OC. The number of aromatic amines is 1. The van der Waals surface area contributed by atoms with Crippen LogP contribution in [0.3, 0.4) is 0 Å². The van der Waals surface area contributed by atoms with Crippen LogP contribution in [0.4, 0.5) is 11.4 Å². The summed E-state index contributed by atoms with van der Waals surface area (Å²) in [6.45, 7) is 5.32. The quantitative estimate of drug-likeness (QED) is 0.374. The van der Waals surface area contributed by atoms with E-state index in [2.05, 4.69) is 42.2 Å². The lowest BCUT2D eigenvalue weighted by Gasteiger charge is -2.25. The lowest BCUT2D eigenvalue weighted by atomic mass is 9.89. The second kappa shape index (κ2) is 11.0. The van der Waals surface area contributed by atoms with Crippen molar-refractivity contribution in [3.63, 3.8) is 0 Å². The molecule has 2 N–H and O–H groups in total. The van der Waals surface area contributed by atoms with Crippen LogP contribution in [0, 0.1) is 5.92 Å². The van der Waals surface area contributed by atoms with Gasteiger partial charge in [-0.05, 0) is 43.0 Å². The summed E-state index contributed by atoms with van der Waals surface area (Å²) in [5.74, 6) is 2.77. The second-order valence-corrected chi connectivity index (χ2v) is 9.73. The highest BCUT2D eigenvalue weighted by Crippen LogP contribution is 2.36. The number of aromatic nitrogens is 2. The van der Waals surface area contributed by atoms with E-state index in [1.54, 1.807) is 32.4 Å². The number of hydrogen-bond donors (Lipinski definition) is 2. The number of H-pyrrole nitrogens is 1. The molecule has 35 heavy (non-hydrogen) atoms. The van der Waals surface area contributed by atoms with Gasteiger partial charge in [-0.25, -0.2) is 4.98 Å². The molecule has 1 amide bonds. The van der Waals surface area contributed by atoms with Gasteiger partial charge in [-0.15, -0.1) is 0 Å². The van der Waals surface area contributed by atoms with Gasteiger partial charge in [0.1, 0.15) is 5.82 Å². The fourth-order valence-electron chi connectivity index (χ4n) is 5.00. The van der Waals surface area contributed by atoms with E-state index in [0.29, 0.717) is 28.9 Å². The number of fused-ring (bicyclic) bond motifs is 1. The van der Waals surface area contributed by atoms with Crippen molar-refractivity contribution in [3.05, 3.63) is 41.7 Å². The predicted molar refractivity (Wildman–Crippen MR) is 142 cm³/mol. The first-order valence-electron chi connectivity index (χ1n) is 12.7. The number of hydrogen-bond acceptors (Lipinski definition) is 5. The summed E-state index contributed by atoms with van der Waals surface area (Å²) in [5.41, 5.74) is 4.01. The van der Waals surface area contributed by atoms with E-state index >= 15 is 0 Å². The number of amides is 1. The number of ether oxygens (including phenoxy) is 2. The van der Waals surface area contributed by atoms with Crippen molar-refractivity contribution in [2.24, 2.45) is 5.92 Å². The maximum Gasteiger partial charge on any atom is 0.259 e. The normalized spacial score (nSPS) is 15.1. The molecule has 1 atom stereocenters. The minimum Gasteiger partial charge on any atom is -0.493 e. The smallest absolute Gasteiger partial charge is 0.259 e. The number of anilines is 2. The Kier molecular flexibility index (Phi) is 7.83. The third kappa shape index (κ3) is 5.39. The van der Waals surface area contributed by atoms with Crippen molar-refractivity contribution in [3.8, 4) is 11.5 Å². The van der Waals surface area contributed by atoms with Gasteiger partial charge in [-0.1, -0.05) is 45.6 Å². The van der Waals surface area contributed by atoms with E-state index in [4.69, 9.17) is 14.5 Å². The molecule has 0 spiro atoms. The lowest BCUT2D eigenvalue weighted by Crippen LogP contribution is -2.25. The van der Waals surface area contributed by atoms with Gasteiger partial charge < -0.3 is 24.7 Å². The monoisotopic (exact) mass is 478 g/mol. The average Bonchev–Trinajstić information content (AvgIpc) is 3.31. The first-order valence-corrected chi connectivity index (χ1v) is 12.7. The van der Waals surface area contributed by atoms with Crippen LogP contribution in [0.5, 0.6) is 11.5 Å². The second-order valence-electron chi connectivity index (χ2n) is 9.73. The number of methoxy groups -OCH3 is 2. The minimum absolute atomic E-state index is 0.245. The van der Waals surface area contributed by atoms with Crippen molar-refractivity contribution in [2.45, 2.75) is 58.3 Å². The van der Waals surface area contributed by atoms with E-state index in [-0.39, 0.29) is 5.91 Å². The molecule has 2 aromatic carbocycles. The maximum atomic E-state index is 13.4. The van der Waals surface area contributed by atoms with Gasteiger partial charge in [-0.2, -0.15) is 0 Å². The number of nitrogens with zero attached hydrogens (tertiary/aromatic N) is 2. The zero-order chi connectivity index (χ0) is 24.9. The van der Waals surface area contributed by atoms with Gasteiger partial charge in [0.15, 0.2) is 11.5 Å². The summed E-state index contributed by atoms with van der Waals surface area (Å²) in [7, 11) is 5.19. The highest BCUT2D eigenvalue weighted by atomic mass is 16.5. The Morgan fingerprint density at radius 1 is 1.20 bits per heavy atom. The summed E-state index contributed by atoms with van der Waals surface area (Å²) in [6, 6.07) is 9.43. The molecule has 3 aromatic rings. The van der Waals surface area contributed by atoms with Crippen LogP contribution < -0.4 is 19.7 Å². The Morgan fingerprint density at radius 3 is 2.66 bits per heavy atom. The molecule has 7 nitrogen and oxygen atoms in total. The van der Waals surface area contributed by atoms with Gasteiger partial charge in [0.05, 0.1) is 42.2 Å². The number of imidazole rings is 1. The molecular formula is C28H38N4O3. The van der Waals surface area contributed by atoms with E-state index in [1.807, 2.05) is 6.07 Å². The molecule has 1 saturated carbocycles. The molecule has 0 radical (unpaired) electrons. The van der Waals surface area contributed by atoms with Crippen LogP contribution in [0.15, 0.2) is 30.3 Å². The topological polar surface area (TPSA) is 79.5 Å². The summed E-state index contributed by atoms with van der Waals surface area (Å²) < 4.78 is 10.9. The van der Waals surface area contributed by atoms with Gasteiger partial charge in [0.25, 0.3) is 5.91 Å². The summed E-state index contributed by atoms with van der Waals surface area (Å²) >= 11 is 0. The first-order chi connectivity index (χ1) is 16.9. The van der Waals surface area contributed by atoms with Crippen molar-refractivity contribution in [2.75, 3.05) is 38.0 Å². The van der Waals surface area contributed by atoms with Crippen LogP contribution in [0.1, 0.15) is 74.5 Å². The molecule has 188 valence electrons. The predicted octanol–water partition coefficient (Wildman–Crippen LogP) is 6.36. The van der Waals surface area contributed by atoms with Crippen molar-refractivity contribution < 1.29 is 14.3 Å². The number of nitrogens with one attached hydrogen (secondary N) is 2. The molecule has 1 aliphatic carbocycles. The van der Waals surface area contributed by atoms with E-state index in [9.17, 15) is 4.79 Å². The number of benzene rings is 2. The van der Waals surface area contributed by atoms with E-state index in [1.165, 1.54) is 32.1 Å². The third-order valence-corrected chi connectivity index (χ3v) is 7.20. The van der Waals surface area contributed by atoms with Gasteiger partial charge >= 0.3 is 0 Å². The Balaban J connectivity index is 1.72. The Labute approximate surface area is 208 Å². The highest BCUT2D eigenvalue weighted by molar-refractivity contribution is 6.09. The Morgan fingerprint density at radius 2 is 1.97 bits per heavy atom. The molecule has 4 rings (SSSR count). The fourth-order valence-corrected chi connectivity index (χ4v) is 5.00. The van der Waals surface area contributed by atoms with Gasteiger partial charge in [0, 0.05) is 19.5 Å². The summed E-state index contributed by atoms with van der Waals surface area (Å²) in [6.07, 6.45) is 7.27. The molecular weight excluding hydrogens is 440 g/mol. The zero-order valence-corrected chi connectivity index (χ0v) is 21.6. The molecule has 1 heterocycles. The lowest BCUT2D eigenvalue weighted by molar-refractivity contribution is 0.102. The van der Waals surface area contributed by atoms with Crippen LogP contribution in [-0.4, -0.2) is 43.7 Å². The molecule has 1 aromatic heterocycles. The number of carbonyl (C=O) groups excluding carboxylic acids is 1. The molecule has 1 fully saturated rings. The maximum absolute atomic E-state index is 13.4. The number of para-hydroxylation sites is 1. The standard InChI is InChI=1S/C28H38N4O3/c1-6-18(2)17-32(3)24-16-22-21(29-27(30-22)19-11-8-7-9-12-19)15-23(24)31-28(33)20-13-10-14-25(34-4)26(20)35-5/h10,13-16,18-19H,6-9,11-12,17H2,1-5H3,(H,29,30)(H,31,33). The van der Waals surface area contributed by atoms with Crippen molar-refractivity contribution in [1.82, 2.24) is 9.97 Å².